The van der Waals surface area contributed by atoms with Gasteiger partial charge in [0.25, 0.3) is 0 Å². The molecule has 1 aliphatic rings. The average molecular weight is 298 g/mol. The molecule has 112 valence electrons. The van der Waals surface area contributed by atoms with Crippen LogP contribution in [0, 0.1) is 5.92 Å². The van der Waals surface area contributed by atoms with E-state index in [2.05, 4.69) is 9.62 Å². The molecule has 1 aromatic rings. The van der Waals surface area contributed by atoms with Crippen LogP contribution in [0.1, 0.15) is 19.8 Å². The van der Waals surface area contributed by atoms with Gasteiger partial charge in [-0.05, 0) is 30.9 Å². The zero-order valence-corrected chi connectivity index (χ0v) is 12.6. The summed E-state index contributed by atoms with van der Waals surface area (Å²) < 4.78 is 27.0. The molecule has 20 heavy (non-hydrogen) atoms. The van der Waals surface area contributed by atoms with Gasteiger partial charge in [-0.25, -0.2) is 13.1 Å². The predicted molar refractivity (Wildman–Crippen MR) is 79.3 cm³/mol. The van der Waals surface area contributed by atoms with Crippen LogP contribution in [0.2, 0.25) is 0 Å². The van der Waals surface area contributed by atoms with E-state index in [-0.39, 0.29) is 6.61 Å². The summed E-state index contributed by atoms with van der Waals surface area (Å²) in [5.41, 5.74) is 0.754. The maximum atomic E-state index is 12.2. The van der Waals surface area contributed by atoms with Crippen molar-refractivity contribution in [3.8, 4) is 0 Å². The first-order chi connectivity index (χ1) is 9.58. The largest absolute Gasteiger partial charge is 0.396 e. The van der Waals surface area contributed by atoms with Crippen molar-refractivity contribution in [2.24, 2.45) is 5.92 Å². The topological polar surface area (TPSA) is 69.6 Å². The van der Waals surface area contributed by atoms with Gasteiger partial charge in [-0.15, -0.1) is 0 Å². The highest BCUT2D eigenvalue weighted by atomic mass is 32.2. The van der Waals surface area contributed by atoms with Gasteiger partial charge in [0.1, 0.15) is 4.90 Å². The Kier molecular flexibility index (Phi) is 5.01. The lowest BCUT2D eigenvalue weighted by molar-refractivity contribution is 0.203. The summed E-state index contributed by atoms with van der Waals surface area (Å²) in [4.78, 5) is 2.43. The number of anilines is 1. The number of hydrogen-bond acceptors (Lipinski definition) is 4. The number of nitrogens with zero attached hydrogens (tertiary/aromatic N) is 1. The minimum absolute atomic E-state index is 0.213. The van der Waals surface area contributed by atoms with Crippen molar-refractivity contribution < 1.29 is 13.5 Å². The number of aliphatic hydroxyl groups excluding tert-OH is 1. The van der Waals surface area contributed by atoms with Gasteiger partial charge in [0.15, 0.2) is 0 Å². The Hall–Kier alpha value is -1.11. The molecule has 0 bridgehead atoms. The summed E-state index contributed by atoms with van der Waals surface area (Å²) in [5, 5.41) is 9.18. The fourth-order valence-electron chi connectivity index (χ4n) is 2.57. The number of hydrogen-bond donors (Lipinski definition) is 2. The Morgan fingerprint density at radius 1 is 1.30 bits per heavy atom. The second-order valence-corrected chi connectivity index (χ2v) is 6.82. The summed E-state index contributed by atoms with van der Waals surface area (Å²) in [6.07, 6.45) is 1.79. The fourth-order valence-corrected chi connectivity index (χ4v) is 3.84. The minimum Gasteiger partial charge on any atom is -0.396 e. The summed E-state index contributed by atoms with van der Waals surface area (Å²) in [6, 6.07) is 7.10. The van der Waals surface area contributed by atoms with E-state index < -0.39 is 10.0 Å². The lowest BCUT2D eigenvalue weighted by Crippen LogP contribution is -2.36. The van der Waals surface area contributed by atoms with Gasteiger partial charge in [0.05, 0.1) is 5.69 Å². The molecular formula is C14H22N2O3S. The molecule has 1 fully saturated rings. The molecule has 0 unspecified atom stereocenters. The van der Waals surface area contributed by atoms with Crippen molar-refractivity contribution in [3.63, 3.8) is 0 Å². The first-order valence-corrected chi connectivity index (χ1v) is 8.51. The first kappa shape index (κ1) is 15.3. The molecule has 0 saturated carbocycles. The van der Waals surface area contributed by atoms with Gasteiger partial charge in [0.2, 0.25) is 10.0 Å². The van der Waals surface area contributed by atoms with E-state index in [1.807, 2.05) is 12.1 Å². The van der Waals surface area contributed by atoms with Gasteiger partial charge in [-0.2, -0.15) is 0 Å². The monoisotopic (exact) mass is 298 g/mol. The van der Waals surface area contributed by atoms with Crippen LogP contribution in [0.3, 0.4) is 0 Å². The molecule has 1 aliphatic heterocycles. The Morgan fingerprint density at radius 3 is 2.55 bits per heavy atom. The molecule has 0 aromatic heterocycles. The standard InChI is InChI=1S/C14H22N2O3S/c1-2-15-20(18,19)14-6-4-3-5-13(14)16-9-7-12(11-17)8-10-16/h3-6,12,15,17H,2,7-11H2,1H3. The molecule has 5 nitrogen and oxygen atoms in total. The minimum atomic E-state index is -3.45. The Labute approximate surface area is 120 Å². The Morgan fingerprint density at radius 2 is 1.95 bits per heavy atom. The van der Waals surface area contributed by atoms with Crippen molar-refractivity contribution >= 4 is 15.7 Å². The zero-order valence-electron chi connectivity index (χ0n) is 11.7. The quantitative estimate of drug-likeness (QED) is 0.857. The second kappa shape index (κ2) is 6.56. The smallest absolute Gasteiger partial charge is 0.242 e. The second-order valence-electron chi connectivity index (χ2n) is 5.08. The van der Waals surface area contributed by atoms with Crippen LogP contribution in [0.4, 0.5) is 5.69 Å². The maximum Gasteiger partial charge on any atom is 0.242 e. The van der Waals surface area contributed by atoms with E-state index in [0.29, 0.717) is 17.4 Å². The highest BCUT2D eigenvalue weighted by Gasteiger charge is 2.24. The molecule has 0 spiro atoms. The molecule has 2 N–H and O–H groups in total. The Balaban J connectivity index is 2.25. The van der Waals surface area contributed by atoms with E-state index in [9.17, 15) is 13.5 Å². The van der Waals surface area contributed by atoms with E-state index in [1.165, 1.54) is 0 Å². The van der Waals surface area contributed by atoms with Crippen LogP contribution in [0.25, 0.3) is 0 Å². The number of aliphatic hydroxyl groups is 1. The number of piperidine rings is 1. The van der Waals surface area contributed by atoms with E-state index in [0.717, 1.165) is 31.6 Å². The molecule has 0 atom stereocenters. The molecule has 0 amide bonds. The van der Waals surface area contributed by atoms with Crippen molar-refractivity contribution in [1.29, 1.82) is 0 Å². The molecule has 1 heterocycles. The third-order valence-corrected chi connectivity index (χ3v) is 5.30. The van der Waals surface area contributed by atoms with Gasteiger partial charge in [-0.3, -0.25) is 0 Å². The number of para-hydroxylation sites is 1. The van der Waals surface area contributed by atoms with Crippen LogP contribution in [0.15, 0.2) is 29.2 Å². The van der Waals surface area contributed by atoms with Crippen molar-refractivity contribution in [3.05, 3.63) is 24.3 Å². The molecule has 2 rings (SSSR count). The highest BCUT2D eigenvalue weighted by molar-refractivity contribution is 7.89. The maximum absolute atomic E-state index is 12.2. The van der Waals surface area contributed by atoms with Crippen LogP contribution < -0.4 is 9.62 Å². The normalized spacial score (nSPS) is 17.4. The molecular weight excluding hydrogens is 276 g/mol. The van der Waals surface area contributed by atoms with Crippen molar-refractivity contribution in [2.75, 3.05) is 31.1 Å². The van der Waals surface area contributed by atoms with Gasteiger partial charge < -0.3 is 10.0 Å². The molecule has 0 radical (unpaired) electrons. The SMILES string of the molecule is CCNS(=O)(=O)c1ccccc1N1CCC(CO)CC1. The zero-order chi connectivity index (χ0) is 14.6. The number of rotatable bonds is 5. The first-order valence-electron chi connectivity index (χ1n) is 7.03. The van der Waals surface area contributed by atoms with Crippen LogP contribution in [0.5, 0.6) is 0 Å². The predicted octanol–water partition coefficient (Wildman–Crippen LogP) is 1.19. The lowest BCUT2D eigenvalue weighted by Gasteiger charge is -2.33. The van der Waals surface area contributed by atoms with Gasteiger partial charge in [0, 0.05) is 26.2 Å². The number of benzene rings is 1. The van der Waals surface area contributed by atoms with Crippen molar-refractivity contribution in [1.82, 2.24) is 4.72 Å². The van der Waals surface area contributed by atoms with Crippen molar-refractivity contribution in [2.45, 2.75) is 24.7 Å². The molecule has 0 aliphatic carbocycles. The third kappa shape index (κ3) is 3.31. The number of sulfonamides is 1. The molecule has 1 aromatic carbocycles. The Bertz CT molecular complexity index is 537. The third-order valence-electron chi connectivity index (χ3n) is 3.70. The molecule has 1 saturated heterocycles. The van der Waals surface area contributed by atoms with Crippen LogP contribution in [-0.2, 0) is 10.0 Å². The summed E-state index contributed by atoms with van der Waals surface area (Å²) >= 11 is 0. The van der Waals surface area contributed by atoms with Crippen LogP contribution >= 0.6 is 0 Å². The lowest BCUT2D eigenvalue weighted by atomic mass is 9.97. The van der Waals surface area contributed by atoms with E-state index in [1.54, 1.807) is 19.1 Å². The summed E-state index contributed by atoms with van der Waals surface area (Å²) in [6.45, 7) is 3.93. The highest BCUT2D eigenvalue weighted by Crippen LogP contribution is 2.28. The van der Waals surface area contributed by atoms with E-state index >= 15 is 0 Å². The number of nitrogens with one attached hydrogen (secondary N) is 1. The fraction of sp³-hybridized carbons (Fsp3) is 0.571. The van der Waals surface area contributed by atoms with E-state index in [4.69, 9.17) is 0 Å². The van der Waals surface area contributed by atoms with Gasteiger partial charge >= 0.3 is 0 Å². The van der Waals surface area contributed by atoms with Gasteiger partial charge in [-0.1, -0.05) is 19.1 Å². The molecule has 6 heteroatoms. The van der Waals surface area contributed by atoms with Crippen LogP contribution in [-0.4, -0.2) is 39.8 Å². The average Bonchev–Trinajstić information content (AvgIpc) is 2.47. The summed E-state index contributed by atoms with van der Waals surface area (Å²) in [5.74, 6) is 0.337. The summed E-state index contributed by atoms with van der Waals surface area (Å²) in [7, 11) is -3.45.